The summed E-state index contributed by atoms with van der Waals surface area (Å²) in [6.07, 6.45) is 0. The van der Waals surface area contributed by atoms with Crippen LogP contribution in [-0.2, 0) is 10.0 Å². The Morgan fingerprint density at radius 2 is 1.58 bits per heavy atom. The topological polar surface area (TPSA) is 46.2 Å². The quantitative estimate of drug-likeness (QED) is 0.935. The normalized spacial score (nSPS) is 13.2. The zero-order valence-electron chi connectivity index (χ0n) is 10.4. The summed E-state index contributed by atoms with van der Waals surface area (Å²) in [5.74, 6) is -0.425. The summed E-state index contributed by atoms with van der Waals surface area (Å²) in [5, 5.41) is 0. The van der Waals surface area contributed by atoms with E-state index in [1.165, 1.54) is 18.2 Å². The Morgan fingerprint density at radius 3 is 2.21 bits per heavy atom. The average Bonchev–Trinajstić information content (AvgIpc) is 2.39. The Bertz CT molecular complexity index is 656. The van der Waals surface area contributed by atoms with Gasteiger partial charge in [0.25, 0.3) is 0 Å². The third-order valence-corrected chi connectivity index (χ3v) is 4.31. The third kappa shape index (κ3) is 3.19. The van der Waals surface area contributed by atoms with E-state index in [1.54, 1.807) is 43.3 Å². The maximum absolute atomic E-state index is 13.6. The highest BCUT2D eigenvalue weighted by Gasteiger charge is 2.19. The minimum absolute atomic E-state index is 0.165. The molecule has 0 aliphatic carbocycles. The second kappa shape index (κ2) is 5.50. The minimum Gasteiger partial charge on any atom is -0.207 e. The fourth-order valence-corrected chi connectivity index (χ4v) is 3.03. The molecule has 0 spiro atoms. The average molecular weight is 279 g/mol. The lowest BCUT2D eigenvalue weighted by Gasteiger charge is -2.15. The van der Waals surface area contributed by atoms with Gasteiger partial charge in [-0.05, 0) is 25.1 Å². The first-order valence-corrected chi connectivity index (χ1v) is 7.31. The molecule has 1 atom stereocenters. The Labute approximate surface area is 112 Å². The van der Waals surface area contributed by atoms with Crippen LogP contribution in [0.25, 0.3) is 0 Å². The monoisotopic (exact) mass is 279 g/mol. The van der Waals surface area contributed by atoms with Crippen LogP contribution < -0.4 is 4.72 Å². The molecule has 0 aliphatic rings. The van der Waals surface area contributed by atoms with Gasteiger partial charge in [-0.1, -0.05) is 36.4 Å². The van der Waals surface area contributed by atoms with Gasteiger partial charge in [-0.25, -0.2) is 17.5 Å². The van der Waals surface area contributed by atoms with Crippen LogP contribution in [0.1, 0.15) is 18.5 Å². The van der Waals surface area contributed by atoms with Gasteiger partial charge in [0, 0.05) is 11.6 Å². The molecule has 0 saturated carbocycles. The van der Waals surface area contributed by atoms with Crippen molar-refractivity contribution in [3.63, 3.8) is 0 Å². The van der Waals surface area contributed by atoms with E-state index in [0.717, 1.165) is 0 Å². The second-order valence-corrected chi connectivity index (χ2v) is 5.89. The van der Waals surface area contributed by atoms with E-state index in [9.17, 15) is 12.8 Å². The molecular weight excluding hydrogens is 265 g/mol. The minimum atomic E-state index is -3.64. The first kappa shape index (κ1) is 13.7. The van der Waals surface area contributed by atoms with Crippen LogP contribution in [0, 0.1) is 5.82 Å². The van der Waals surface area contributed by atoms with Gasteiger partial charge in [0.05, 0.1) is 4.90 Å². The van der Waals surface area contributed by atoms with Gasteiger partial charge in [0.2, 0.25) is 10.0 Å². The predicted molar refractivity (Wildman–Crippen MR) is 71.6 cm³/mol. The summed E-state index contributed by atoms with van der Waals surface area (Å²) in [4.78, 5) is 0.165. The molecule has 0 bridgehead atoms. The Kier molecular flexibility index (Phi) is 3.97. The van der Waals surface area contributed by atoms with E-state index in [2.05, 4.69) is 4.72 Å². The Balaban J connectivity index is 2.24. The predicted octanol–water partition coefficient (Wildman–Crippen LogP) is 2.87. The van der Waals surface area contributed by atoms with Gasteiger partial charge in [0.15, 0.2) is 0 Å². The molecule has 0 heterocycles. The molecule has 100 valence electrons. The van der Waals surface area contributed by atoms with Crippen molar-refractivity contribution in [3.05, 3.63) is 66.0 Å². The molecule has 0 aliphatic heterocycles. The number of hydrogen-bond acceptors (Lipinski definition) is 2. The van der Waals surface area contributed by atoms with Crippen molar-refractivity contribution in [2.24, 2.45) is 0 Å². The van der Waals surface area contributed by atoms with E-state index >= 15 is 0 Å². The molecule has 1 N–H and O–H groups in total. The number of rotatable bonds is 4. The first-order chi connectivity index (χ1) is 9.00. The highest BCUT2D eigenvalue weighted by atomic mass is 32.2. The van der Waals surface area contributed by atoms with Gasteiger partial charge >= 0.3 is 0 Å². The molecule has 0 amide bonds. The molecule has 3 nitrogen and oxygen atoms in total. The van der Waals surface area contributed by atoms with Gasteiger partial charge in [-0.2, -0.15) is 0 Å². The summed E-state index contributed by atoms with van der Waals surface area (Å²) in [6.45, 7) is 1.61. The zero-order valence-corrected chi connectivity index (χ0v) is 11.2. The standard InChI is InChI=1S/C14H14FNO2S/c1-11(13-9-5-6-10-14(13)15)16-19(17,18)12-7-3-2-4-8-12/h2-11,16H,1H3/t11-/m1/s1. The molecule has 0 aromatic heterocycles. The number of halogens is 1. The van der Waals surface area contributed by atoms with Crippen molar-refractivity contribution in [2.45, 2.75) is 17.9 Å². The largest absolute Gasteiger partial charge is 0.241 e. The summed E-state index contributed by atoms with van der Waals surface area (Å²) >= 11 is 0. The van der Waals surface area contributed by atoms with Crippen LogP contribution in [0.4, 0.5) is 4.39 Å². The first-order valence-electron chi connectivity index (χ1n) is 5.82. The molecule has 2 aromatic carbocycles. The van der Waals surface area contributed by atoms with Crippen LogP contribution in [0.3, 0.4) is 0 Å². The van der Waals surface area contributed by atoms with Crippen LogP contribution in [0.2, 0.25) is 0 Å². The maximum atomic E-state index is 13.6. The molecule has 2 aromatic rings. The lowest BCUT2D eigenvalue weighted by molar-refractivity contribution is 0.550. The summed E-state index contributed by atoms with van der Waals surface area (Å²) in [6, 6.07) is 13.5. The van der Waals surface area contributed by atoms with Crippen LogP contribution >= 0.6 is 0 Å². The molecule has 0 radical (unpaired) electrons. The fourth-order valence-electron chi connectivity index (χ4n) is 1.79. The smallest absolute Gasteiger partial charge is 0.207 e. The lowest BCUT2D eigenvalue weighted by atomic mass is 10.1. The Hall–Kier alpha value is -1.72. The van der Waals surface area contributed by atoms with Crippen LogP contribution in [-0.4, -0.2) is 8.42 Å². The van der Waals surface area contributed by atoms with Gasteiger partial charge in [-0.15, -0.1) is 0 Å². The summed E-state index contributed by atoms with van der Waals surface area (Å²) in [7, 11) is -3.64. The van der Waals surface area contributed by atoms with Crippen molar-refractivity contribution >= 4 is 10.0 Å². The van der Waals surface area contributed by atoms with Crippen molar-refractivity contribution in [3.8, 4) is 0 Å². The maximum Gasteiger partial charge on any atom is 0.241 e. The van der Waals surface area contributed by atoms with E-state index in [4.69, 9.17) is 0 Å². The number of nitrogens with one attached hydrogen (secondary N) is 1. The van der Waals surface area contributed by atoms with Crippen molar-refractivity contribution in [1.82, 2.24) is 4.72 Å². The zero-order chi connectivity index (χ0) is 13.9. The van der Waals surface area contributed by atoms with Crippen molar-refractivity contribution < 1.29 is 12.8 Å². The van der Waals surface area contributed by atoms with E-state index in [-0.39, 0.29) is 4.90 Å². The second-order valence-electron chi connectivity index (χ2n) is 4.18. The van der Waals surface area contributed by atoms with E-state index < -0.39 is 21.9 Å². The number of benzene rings is 2. The van der Waals surface area contributed by atoms with E-state index in [0.29, 0.717) is 5.56 Å². The van der Waals surface area contributed by atoms with Crippen LogP contribution in [0.15, 0.2) is 59.5 Å². The van der Waals surface area contributed by atoms with E-state index in [1.807, 2.05) is 0 Å². The highest BCUT2D eigenvalue weighted by molar-refractivity contribution is 7.89. The molecule has 0 fully saturated rings. The molecular formula is C14H14FNO2S. The number of hydrogen-bond donors (Lipinski definition) is 1. The fraction of sp³-hybridized carbons (Fsp3) is 0.143. The highest BCUT2D eigenvalue weighted by Crippen LogP contribution is 2.19. The Morgan fingerprint density at radius 1 is 1.00 bits per heavy atom. The molecule has 2 rings (SSSR count). The van der Waals surface area contributed by atoms with Gasteiger partial charge in [-0.3, -0.25) is 0 Å². The van der Waals surface area contributed by atoms with Crippen molar-refractivity contribution in [2.75, 3.05) is 0 Å². The molecule has 5 heteroatoms. The lowest BCUT2D eigenvalue weighted by Crippen LogP contribution is -2.27. The van der Waals surface area contributed by atoms with Crippen molar-refractivity contribution in [1.29, 1.82) is 0 Å². The SMILES string of the molecule is C[C@@H](NS(=O)(=O)c1ccccc1)c1ccccc1F. The summed E-state index contributed by atoms with van der Waals surface area (Å²) in [5.41, 5.74) is 0.321. The summed E-state index contributed by atoms with van der Waals surface area (Å²) < 4.78 is 40.2. The van der Waals surface area contributed by atoms with Crippen LogP contribution in [0.5, 0.6) is 0 Å². The molecule has 0 unspecified atom stereocenters. The third-order valence-electron chi connectivity index (χ3n) is 2.76. The van der Waals surface area contributed by atoms with Gasteiger partial charge in [0.1, 0.15) is 5.82 Å². The molecule has 19 heavy (non-hydrogen) atoms. The van der Waals surface area contributed by atoms with Gasteiger partial charge < -0.3 is 0 Å². The molecule has 0 saturated heterocycles. The number of sulfonamides is 1.